The number of aliphatic hydroxyl groups is 1. The fourth-order valence-electron chi connectivity index (χ4n) is 3.13. The standard InChI is InChI=1S/C16H22N2O3/c19-15-7-3-4-12(15)16(20)17-13-5-1-2-6-14(13)18-8-10-21-11-9-18/h1-2,5-6,12,15,19H,3-4,7-11H2,(H,17,20). The molecule has 5 heteroatoms. The number of anilines is 2. The zero-order valence-electron chi connectivity index (χ0n) is 12.1. The summed E-state index contributed by atoms with van der Waals surface area (Å²) in [6.07, 6.45) is 1.92. The van der Waals surface area contributed by atoms with Gasteiger partial charge in [-0.15, -0.1) is 0 Å². The molecule has 1 saturated carbocycles. The van der Waals surface area contributed by atoms with E-state index in [1.54, 1.807) is 0 Å². The van der Waals surface area contributed by atoms with Gasteiger partial charge in [-0.25, -0.2) is 0 Å². The van der Waals surface area contributed by atoms with Gasteiger partial charge in [0.2, 0.25) is 5.91 Å². The van der Waals surface area contributed by atoms with Crippen LogP contribution in [0.3, 0.4) is 0 Å². The number of nitrogens with one attached hydrogen (secondary N) is 1. The number of hydrogen-bond donors (Lipinski definition) is 2. The third kappa shape index (κ3) is 3.19. The minimum atomic E-state index is -0.499. The van der Waals surface area contributed by atoms with Crippen LogP contribution in [-0.4, -0.2) is 43.4 Å². The van der Waals surface area contributed by atoms with E-state index in [1.807, 2.05) is 24.3 Å². The number of carbonyl (C=O) groups is 1. The van der Waals surface area contributed by atoms with Gasteiger partial charge in [0.05, 0.1) is 36.6 Å². The highest BCUT2D eigenvalue weighted by Gasteiger charge is 2.31. The van der Waals surface area contributed by atoms with E-state index >= 15 is 0 Å². The van der Waals surface area contributed by atoms with Gasteiger partial charge < -0.3 is 20.1 Å². The van der Waals surface area contributed by atoms with E-state index in [-0.39, 0.29) is 11.8 Å². The summed E-state index contributed by atoms with van der Waals surface area (Å²) >= 11 is 0. The number of benzene rings is 1. The van der Waals surface area contributed by atoms with E-state index < -0.39 is 6.10 Å². The molecule has 1 heterocycles. The minimum absolute atomic E-state index is 0.0688. The molecule has 1 aliphatic carbocycles. The molecule has 2 N–H and O–H groups in total. The highest BCUT2D eigenvalue weighted by atomic mass is 16.5. The number of rotatable bonds is 3. The summed E-state index contributed by atoms with van der Waals surface area (Å²) in [6.45, 7) is 3.09. The Labute approximate surface area is 124 Å². The van der Waals surface area contributed by atoms with Gasteiger partial charge in [-0.1, -0.05) is 12.1 Å². The zero-order chi connectivity index (χ0) is 14.7. The van der Waals surface area contributed by atoms with Gasteiger partial charge in [-0.3, -0.25) is 4.79 Å². The molecule has 0 spiro atoms. The Balaban J connectivity index is 1.74. The molecule has 2 unspecified atom stereocenters. The first-order chi connectivity index (χ1) is 10.3. The summed E-state index contributed by atoms with van der Waals surface area (Å²) in [5.41, 5.74) is 1.85. The SMILES string of the molecule is O=C(Nc1ccccc1N1CCOCC1)C1CCCC1O. The lowest BCUT2D eigenvalue weighted by atomic mass is 10.0. The van der Waals surface area contributed by atoms with E-state index in [4.69, 9.17) is 4.74 Å². The Morgan fingerprint density at radius 1 is 1.24 bits per heavy atom. The fraction of sp³-hybridized carbons (Fsp3) is 0.562. The smallest absolute Gasteiger partial charge is 0.230 e. The van der Waals surface area contributed by atoms with Crippen molar-refractivity contribution in [3.63, 3.8) is 0 Å². The van der Waals surface area contributed by atoms with E-state index in [0.29, 0.717) is 13.2 Å². The maximum absolute atomic E-state index is 12.3. The molecule has 21 heavy (non-hydrogen) atoms. The normalized spacial score (nSPS) is 25.9. The molecule has 114 valence electrons. The van der Waals surface area contributed by atoms with E-state index in [2.05, 4.69) is 10.2 Å². The highest BCUT2D eigenvalue weighted by Crippen LogP contribution is 2.30. The molecule has 0 bridgehead atoms. The van der Waals surface area contributed by atoms with Crippen LogP contribution in [0, 0.1) is 5.92 Å². The number of nitrogens with zero attached hydrogens (tertiary/aromatic N) is 1. The molecular formula is C16H22N2O3. The monoisotopic (exact) mass is 290 g/mol. The maximum atomic E-state index is 12.3. The number of carbonyl (C=O) groups excluding carboxylic acids is 1. The molecule has 3 rings (SSSR count). The second kappa shape index (κ2) is 6.45. The molecule has 1 aromatic carbocycles. The fourth-order valence-corrected chi connectivity index (χ4v) is 3.13. The minimum Gasteiger partial charge on any atom is -0.392 e. The van der Waals surface area contributed by atoms with Gasteiger partial charge in [-0.05, 0) is 31.4 Å². The van der Waals surface area contributed by atoms with Gasteiger partial charge in [0.1, 0.15) is 0 Å². The number of ether oxygens (including phenoxy) is 1. The van der Waals surface area contributed by atoms with Crippen LogP contribution in [0.2, 0.25) is 0 Å². The molecule has 2 fully saturated rings. The second-order valence-electron chi connectivity index (χ2n) is 5.71. The van der Waals surface area contributed by atoms with Crippen LogP contribution >= 0.6 is 0 Å². The summed E-state index contributed by atoms with van der Waals surface area (Å²) in [4.78, 5) is 14.6. The third-order valence-corrected chi connectivity index (χ3v) is 4.33. The molecule has 2 aliphatic rings. The lowest BCUT2D eigenvalue weighted by Gasteiger charge is -2.30. The van der Waals surface area contributed by atoms with Gasteiger partial charge in [0.25, 0.3) is 0 Å². The summed E-state index contributed by atoms with van der Waals surface area (Å²) < 4.78 is 5.38. The van der Waals surface area contributed by atoms with Crippen molar-refractivity contribution in [2.45, 2.75) is 25.4 Å². The number of morpholine rings is 1. The highest BCUT2D eigenvalue weighted by molar-refractivity contribution is 5.96. The molecule has 2 atom stereocenters. The van der Waals surface area contributed by atoms with E-state index in [9.17, 15) is 9.90 Å². The average Bonchev–Trinajstić information content (AvgIpc) is 2.95. The lowest BCUT2D eigenvalue weighted by molar-refractivity contribution is -0.122. The summed E-state index contributed by atoms with van der Waals surface area (Å²) in [5.74, 6) is -0.344. The maximum Gasteiger partial charge on any atom is 0.230 e. The van der Waals surface area contributed by atoms with Crippen LogP contribution in [0.15, 0.2) is 24.3 Å². The van der Waals surface area contributed by atoms with E-state index in [1.165, 1.54) is 0 Å². The molecule has 0 aromatic heterocycles. The van der Waals surface area contributed by atoms with Crippen molar-refractivity contribution < 1.29 is 14.6 Å². The first-order valence-electron chi connectivity index (χ1n) is 7.66. The molecule has 1 saturated heterocycles. The van der Waals surface area contributed by atoms with Gasteiger partial charge in [0, 0.05) is 13.1 Å². The third-order valence-electron chi connectivity index (χ3n) is 4.33. The molecule has 1 aliphatic heterocycles. The quantitative estimate of drug-likeness (QED) is 0.888. The first kappa shape index (κ1) is 14.4. The molecule has 5 nitrogen and oxygen atoms in total. The Morgan fingerprint density at radius 2 is 2.00 bits per heavy atom. The lowest BCUT2D eigenvalue weighted by Crippen LogP contribution is -2.37. The van der Waals surface area contributed by atoms with Crippen LogP contribution in [0.4, 0.5) is 11.4 Å². The predicted molar refractivity (Wildman–Crippen MR) is 81.5 cm³/mol. The van der Waals surface area contributed by atoms with Crippen molar-refractivity contribution in [2.24, 2.45) is 5.92 Å². The van der Waals surface area contributed by atoms with Gasteiger partial charge in [-0.2, -0.15) is 0 Å². The van der Waals surface area contributed by atoms with Crippen LogP contribution in [0.25, 0.3) is 0 Å². The molecule has 1 amide bonds. The Morgan fingerprint density at radius 3 is 2.71 bits per heavy atom. The number of para-hydroxylation sites is 2. The van der Waals surface area contributed by atoms with Gasteiger partial charge in [0.15, 0.2) is 0 Å². The van der Waals surface area contributed by atoms with Crippen LogP contribution in [-0.2, 0) is 9.53 Å². The predicted octanol–water partition coefficient (Wildman–Crippen LogP) is 1.62. The van der Waals surface area contributed by atoms with Crippen LogP contribution in [0.5, 0.6) is 0 Å². The summed E-state index contributed by atoms with van der Waals surface area (Å²) in [6, 6.07) is 7.84. The number of amides is 1. The van der Waals surface area contributed by atoms with Crippen molar-refractivity contribution in [1.82, 2.24) is 0 Å². The largest absolute Gasteiger partial charge is 0.392 e. The van der Waals surface area contributed by atoms with Gasteiger partial charge >= 0.3 is 0 Å². The topological polar surface area (TPSA) is 61.8 Å². The first-order valence-corrected chi connectivity index (χ1v) is 7.66. The summed E-state index contributed by atoms with van der Waals surface area (Å²) in [7, 11) is 0. The van der Waals surface area contributed by atoms with Crippen molar-refractivity contribution in [3.05, 3.63) is 24.3 Å². The summed E-state index contributed by atoms with van der Waals surface area (Å²) in [5, 5.41) is 12.9. The Kier molecular flexibility index (Phi) is 4.41. The second-order valence-corrected chi connectivity index (χ2v) is 5.71. The van der Waals surface area contributed by atoms with Crippen molar-refractivity contribution >= 4 is 17.3 Å². The van der Waals surface area contributed by atoms with Crippen LogP contribution in [0.1, 0.15) is 19.3 Å². The zero-order valence-corrected chi connectivity index (χ0v) is 12.1. The number of aliphatic hydroxyl groups excluding tert-OH is 1. The Bertz CT molecular complexity index is 500. The molecule has 0 radical (unpaired) electrons. The van der Waals surface area contributed by atoms with Crippen molar-refractivity contribution in [1.29, 1.82) is 0 Å². The molecular weight excluding hydrogens is 268 g/mol. The molecule has 1 aromatic rings. The average molecular weight is 290 g/mol. The number of hydrogen-bond acceptors (Lipinski definition) is 4. The van der Waals surface area contributed by atoms with E-state index in [0.717, 1.165) is 43.7 Å². The van der Waals surface area contributed by atoms with Crippen molar-refractivity contribution in [2.75, 3.05) is 36.5 Å². The van der Waals surface area contributed by atoms with Crippen molar-refractivity contribution in [3.8, 4) is 0 Å². The van der Waals surface area contributed by atoms with Crippen LogP contribution < -0.4 is 10.2 Å². The Hall–Kier alpha value is -1.59.